The number of nitrogen functional groups attached to an aromatic ring is 1. The molecule has 0 spiro atoms. The molecule has 0 bridgehead atoms. The van der Waals surface area contributed by atoms with E-state index in [4.69, 9.17) is 38.7 Å². The Morgan fingerprint density at radius 3 is 2.57 bits per heavy atom. The summed E-state index contributed by atoms with van der Waals surface area (Å²) in [5.74, 6) is 1.60. The third-order valence-corrected chi connectivity index (χ3v) is 6.46. The van der Waals surface area contributed by atoms with Crippen LogP contribution in [0.2, 0.25) is 10.2 Å². The van der Waals surface area contributed by atoms with Crippen LogP contribution in [0.25, 0.3) is 16.6 Å². The highest BCUT2D eigenvalue weighted by Gasteiger charge is 2.26. The van der Waals surface area contributed by atoms with Gasteiger partial charge in [-0.25, -0.2) is 9.97 Å². The van der Waals surface area contributed by atoms with Gasteiger partial charge in [-0.1, -0.05) is 60.5 Å². The molecule has 0 fully saturated rings. The van der Waals surface area contributed by atoms with Gasteiger partial charge in [0.15, 0.2) is 5.82 Å². The van der Waals surface area contributed by atoms with Gasteiger partial charge in [0.2, 0.25) is 0 Å². The van der Waals surface area contributed by atoms with Gasteiger partial charge >= 0.3 is 0 Å². The minimum atomic E-state index is -0.196. The third-order valence-electron chi connectivity index (χ3n) is 5.25. The Balaban J connectivity index is 2.00. The average Bonchev–Trinajstić information content (AvgIpc) is 3.10. The number of nitrogens with two attached hydrogens (primary N) is 1. The molecule has 0 amide bonds. The Bertz CT molecular complexity index is 1260. The number of anilines is 1. The van der Waals surface area contributed by atoms with Gasteiger partial charge in [-0.2, -0.15) is 0 Å². The van der Waals surface area contributed by atoms with Gasteiger partial charge in [-0.3, -0.25) is 4.40 Å². The molecule has 30 heavy (non-hydrogen) atoms. The summed E-state index contributed by atoms with van der Waals surface area (Å²) in [6.07, 6.45) is 1.52. The molecule has 0 saturated carbocycles. The summed E-state index contributed by atoms with van der Waals surface area (Å²) in [6, 6.07) is 12.0. The van der Waals surface area contributed by atoms with Crippen LogP contribution in [0.1, 0.15) is 29.8 Å². The molecule has 4 aromatic rings. The number of aromatic nitrogens is 3. The molecule has 4 rings (SSSR count). The quantitative estimate of drug-likeness (QED) is 0.343. The summed E-state index contributed by atoms with van der Waals surface area (Å²) < 4.78 is 8.29. The molecule has 1 unspecified atom stereocenters. The lowest BCUT2D eigenvalue weighted by atomic mass is 9.91. The highest BCUT2D eigenvalue weighted by atomic mass is 79.9. The Kier molecular flexibility index (Phi) is 5.66. The van der Waals surface area contributed by atoms with Gasteiger partial charge in [0.25, 0.3) is 0 Å². The van der Waals surface area contributed by atoms with Gasteiger partial charge in [0.1, 0.15) is 26.8 Å². The van der Waals surface area contributed by atoms with Crippen LogP contribution in [0.15, 0.2) is 47.2 Å². The van der Waals surface area contributed by atoms with Gasteiger partial charge in [-0.05, 0) is 40.0 Å². The second kappa shape index (κ2) is 8.10. The van der Waals surface area contributed by atoms with Crippen LogP contribution in [-0.2, 0) is 0 Å². The van der Waals surface area contributed by atoms with Crippen LogP contribution in [-0.4, -0.2) is 21.5 Å². The van der Waals surface area contributed by atoms with Gasteiger partial charge < -0.3 is 10.5 Å². The second-order valence-corrected chi connectivity index (χ2v) is 8.53. The first-order chi connectivity index (χ1) is 14.3. The van der Waals surface area contributed by atoms with E-state index in [1.165, 1.54) is 6.20 Å². The predicted molar refractivity (Wildman–Crippen MR) is 126 cm³/mol. The Morgan fingerprint density at radius 2 is 1.90 bits per heavy atom. The molecule has 2 aromatic heterocycles. The summed E-state index contributed by atoms with van der Waals surface area (Å²) in [6.45, 7) is 4.03. The number of imidazole rings is 1. The molecule has 5 nitrogen and oxygen atoms in total. The van der Waals surface area contributed by atoms with E-state index >= 15 is 0 Å². The number of nitrogens with zero attached hydrogens (tertiary/aromatic N) is 3. The van der Waals surface area contributed by atoms with E-state index in [1.807, 2.05) is 50.2 Å². The van der Waals surface area contributed by atoms with Crippen LogP contribution in [0.5, 0.6) is 5.75 Å². The zero-order chi connectivity index (χ0) is 21.6. The second-order valence-electron chi connectivity index (χ2n) is 6.98. The number of hydrogen-bond donors (Lipinski definition) is 1. The van der Waals surface area contributed by atoms with E-state index in [-0.39, 0.29) is 5.92 Å². The lowest BCUT2D eigenvalue weighted by Gasteiger charge is -2.21. The van der Waals surface area contributed by atoms with Crippen molar-refractivity contribution in [2.75, 3.05) is 12.8 Å². The van der Waals surface area contributed by atoms with Crippen molar-refractivity contribution in [3.63, 3.8) is 0 Å². The van der Waals surface area contributed by atoms with Crippen LogP contribution in [0.4, 0.5) is 5.82 Å². The van der Waals surface area contributed by atoms with Crippen molar-refractivity contribution >= 4 is 50.5 Å². The molecule has 0 saturated heterocycles. The number of fused-ring (bicyclic) bond motifs is 1. The Hall–Kier alpha value is -2.28. The van der Waals surface area contributed by atoms with E-state index in [0.717, 1.165) is 28.0 Å². The Morgan fingerprint density at radius 1 is 1.20 bits per heavy atom. The number of ether oxygens (including phenoxy) is 1. The zero-order valence-electron chi connectivity index (χ0n) is 16.6. The molecule has 154 valence electrons. The smallest absolute Gasteiger partial charge is 0.150 e. The molecule has 1 atom stereocenters. The lowest BCUT2D eigenvalue weighted by molar-refractivity contribution is 0.409. The van der Waals surface area contributed by atoms with Gasteiger partial charge in [0, 0.05) is 22.1 Å². The molecule has 0 radical (unpaired) electrons. The number of hydrogen-bond acceptors (Lipinski definition) is 4. The minimum Gasteiger partial charge on any atom is -0.496 e. The molecule has 0 aliphatic rings. The van der Waals surface area contributed by atoms with E-state index in [2.05, 4.69) is 20.9 Å². The van der Waals surface area contributed by atoms with Crippen LogP contribution >= 0.6 is 39.1 Å². The van der Waals surface area contributed by atoms with Crippen molar-refractivity contribution in [1.82, 2.24) is 14.4 Å². The maximum Gasteiger partial charge on any atom is 0.150 e. The molecule has 2 N–H and O–H groups in total. The molecule has 8 heteroatoms. The van der Waals surface area contributed by atoms with Crippen molar-refractivity contribution in [1.29, 1.82) is 0 Å². The minimum absolute atomic E-state index is 0.196. The van der Waals surface area contributed by atoms with Crippen molar-refractivity contribution in [3.05, 3.63) is 74.3 Å². The number of benzene rings is 2. The van der Waals surface area contributed by atoms with Crippen LogP contribution < -0.4 is 10.5 Å². The first kappa shape index (κ1) is 21.0. The number of rotatable bonds is 4. The lowest BCUT2D eigenvalue weighted by Crippen LogP contribution is -2.08. The maximum absolute atomic E-state index is 6.66. The highest BCUT2D eigenvalue weighted by molar-refractivity contribution is 9.10. The highest BCUT2D eigenvalue weighted by Crippen LogP contribution is 2.44. The summed E-state index contributed by atoms with van der Waals surface area (Å²) in [5, 5.41) is 1.07. The number of methoxy groups -OCH3 is 1. The van der Waals surface area contributed by atoms with E-state index < -0.39 is 0 Å². The summed E-state index contributed by atoms with van der Waals surface area (Å²) in [5.41, 5.74) is 10.5. The van der Waals surface area contributed by atoms with Crippen molar-refractivity contribution < 1.29 is 4.74 Å². The SMILES string of the molecule is COc1c(C(C)c2nc(Br)c3c(N)ncc(Cl)n23)cc(Cl)c(C)c1-c1ccccc1. The van der Waals surface area contributed by atoms with Crippen molar-refractivity contribution in [2.24, 2.45) is 0 Å². The fourth-order valence-electron chi connectivity index (χ4n) is 3.76. The van der Waals surface area contributed by atoms with Crippen molar-refractivity contribution in [3.8, 4) is 16.9 Å². The molecule has 0 aliphatic heterocycles. The van der Waals surface area contributed by atoms with E-state index in [1.54, 1.807) is 11.5 Å². The first-order valence-corrected chi connectivity index (χ1v) is 10.8. The normalized spacial score (nSPS) is 12.3. The summed E-state index contributed by atoms with van der Waals surface area (Å²) in [4.78, 5) is 8.83. The van der Waals surface area contributed by atoms with Crippen LogP contribution in [0, 0.1) is 6.92 Å². The van der Waals surface area contributed by atoms with Gasteiger partial charge in [0.05, 0.1) is 13.3 Å². The monoisotopic (exact) mass is 504 g/mol. The molecular formula is C22H19BrCl2N4O. The van der Waals surface area contributed by atoms with Crippen molar-refractivity contribution in [2.45, 2.75) is 19.8 Å². The molecule has 2 heterocycles. The van der Waals surface area contributed by atoms with Crippen LogP contribution in [0.3, 0.4) is 0 Å². The summed E-state index contributed by atoms with van der Waals surface area (Å²) in [7, 11) is 1.67. The summed E-state index contributed by atoms with van der Waals surface area (Å²) >= 11 is 16.6. The maximum atomic E-state index is 6.66. The fourth-order valence-corrected chi connectivity index (χ4v) is 4.75. The molecule has 0 aliphatic carbocycles. The topological polar surface area (TPSA) is 65.4 Å². The molecule has 2 aromatic carbocycles. The fraction of sp³-hybridized carbons (Fsp3) is 0.182. The molecular weight excluding hydrogens is 487 g/mol. The first-order valence-electron chi connectivity index (χ1n) is 9.25. The third kappa shape index (κ3) is 3.33. The largest absolute Gasteiger partial charge is 0.496 e. The average molecular weight is 506 g/mol. The predicted octanol–water partition coefficient (Wildman–Crippen LogP) is 6.52. The number of halogens is 3. The standard InChI is InChI=1S/C22H19BrCl2N4O/c1-11(22-28-20(23)18-21(26)27-10-16(25)29(18)22)14-9-15(24)12(2)17(19(14)30-3)13-7-5-4-6-8-13/h4-11H,1-3H3,(H2,26,27). The van der Waals surface area contributed by atoms with E-state index in [9.17, 15) is 0 Å². The van der Waals surface area contributed by atoms with E-state index in [0.29, 0.717) is 31.9 Å². The van der Waals surface area contributed by atoms with Gasteiger partial charge in [-0.15, -0.1) is 0 Å². The Labute approximate surface area is 192 Å². The zero-order valence-corrected chi connectivity index (χ0v) is 19.7.